The summed E-state index contributed by atoms with van der Waals surface area (Å²) in [5.74, 6) is 0.167. The van der Waals surface area contributed by atoms with Crippen molar-refractivity contribution < 1.29 is 4.39 Å². The molecule has 1 aromatic heterocycles. The second-order valence-electron chi connectivity index (χ2n) is 6.18. The molecule has 0 unspecified atom stereocenters. The molecule has 2 N–H and O–H groups in total. The fraction of sp³-hybridized carbons (Fsp3) is 0.158. The smallest absolute Gasteiger partial charge is 0.176 e. The highest BCUT2D eigenvalue weighted by atomic mass is 79.9. The number of nitrogens with zero attached hydrogens (tertiary/aromatic N) is 2. The molecule has 27 heavy (non-hydrogen) atoms. The quantitative estimate of drug-likeness (QED) is 0.468. The molecular weight excluding hydrogens is 451 g/mol. The number of nitrogens with one attached hydrogen (secondary N) is 2. The third kappa shape index (κ3) is 5.06. The van der Waals surface area contributed by atoms with Crippen LogP contribution in [0, 0.1) is 19.7 Å². The molecular formula is C19H17BrClFN4S. The van der Waals surface area contributed by atoms with Crippen LogP contribution in [0.15, 0.2) is 47.1 Å². The van der Waals surface area contributed by atoms with Gasteiger partial charge in [0, 0.05) is 22.5 Å². The van der Waals surface area contributed by atoms with Gasteiger partial charge in [0.15, 0.2) is 10.9 Å². The van der Waals surface area contributed by atoms with Gasteiger partial charge in [0.1, 0.15) is 5.82 Å². The van der Waals surface area contributed by atoms with Gasteiger partial charge < -0.3 is 10.6 Å². The standard InChI is InChI=1S/C19H17BrClFN4S/c1-11-6-12(2)8-13(7-11)23-19(27)24-18-15(20)10-26(25-18)9-14-16(21)4-3-5-17(14)22/h3-8,10H,9H2,1-2H3,(H2,23,24,25,27). The summed E-state index contributed by atoms with van der Waals surface area (Å²) in [4.78, 5) is 0. The summed E-state index contributed by atoms with van der Waals surface area (Å²) >= 11 is 14.9. The van der Waals surface area contributed by atoms with E-state index in [0.29, 0.717) is 26.0 Å². The maximum absolute atomic E-state index is 14.0. The van der Waals surface area contributed by atoms with E-state index in [4.69, 9.17) is 23.8 Å². The highest BCUT2D eigenvalue weighted by Crippen LogP contribution is 2.24. The van der Waals surface area contributed by atoms with E-state index >= 15 is 0 Å². The average Bonchev–Trinajstić information content (AvgIpc) is 2.89. The van der Waals surface area contributed by atoms with Crippen molar-refractivity contribution in [2.75, 3.05) is 10.6 Å². The van der Waals surface area contributed by atoms with E-state index in [1.165, 1.54) is 6.07 Å². The van der Waals surface area contributed by atoms with Crippen molar-refractivity contribution in [3.63, 3.8) is 0 Å². The van der Waals surface area contributed by atoms with Gasteiger partial charge in [-0.15, -0.1) is 0 Å². The maximum atomic E-state index is 14.0. The lowest BCUT2D eigenvalue weighted by Crippen LogP contribution is -2.20. The van der Waals surface area contributed by atoms with E-state index in [9.17, 15) is 4.39 Å². The minimum Gasteiger partial charge on any atom is -0.332 e. The Labute approximate surface area is 175 Å². The zero-order valence-electron chi connectivity index (χ0n) is 14.7. The van der Waals surface area contributed by atoms with E-state index in [0.717, 1.165) is 16.8 Å². The Bertz CT molecular complexity index is 965. The number of hydrogen-bond acceptors (Lipinski definition) is 2. The average molecular weight is 468 g/mol. The zero-order valence-corrected chi connectivity index (χ0v) is 17.8. The summed E-state index contributed by atoms with van der Waals surface area (Å²) in [5, 5.41) is 11.4. The number of aryl methyl sites for hydroxylation is 2. The van der Waals surface area contributed by atoms with Gasteiger partial charge in [-0.05, 0) is 77.4 Å². The summed E-state index contributed by atoms with van der Waals surface area (Å²) in [6.45, 7) is 4.27. The molecule has 0 saturated carbocycles. The maximum Gasteiger partial charge on any atom is 0.176 e. The summed E-state index contributed by atoms with van der Waals surface area (Å²) in [6.07, 6.45) is 1.74. The molecule has 0 saturated heterocycles. The van der Waals surface area contributed by atoms with Gasteiger partial charge >= 0.3 is 0 Å². The summed E-state index contributed by atoms with van der Waals surface area (Å²) in [7, 11) is 0. The molecule has 0 bridgehead atoms. The molecule has 3 aromatic rings. The SMILES string of the molecule is Cc1cc(C)cc(NC(=S)Nc2nn(Cc3c(F)cccc3Cl)cc2Br)c1. The third-order valence-electron chi connectivity index (χ3n) is 3.81. The molecule has 2 aromatic carbocycles. The Balaban J connectivity index is 1.72. The van der Waals surface area contributed by atoms with Gasteiger partial charge in [0.05, 0.1) is 11.0 Å². The van der Waals surface area contributed by atoms with Gasteiger partial charge in [-0.25, -0.2) is 4.39 Å². The topological polar surface area (TPSA) is 41.9 Å². The molecule has 0 radical (unpaired) electrons. The van der Waals surface area contributed by atoms with Gasteiger partial charge in [-0.3, -0.25) is 4.68 Å². The first kappa shape index (κ1) is 19.8. The van der Waals surface area contributed by atoms with Gasteiger partial charge in [0.25, 0.3) is 0 Å². The molecule has 0 aliphatic carbocycles. The molecule has 0 amide bonds. The Morgan fingerprint density at radius 1 is 1.22 bits per heavy atom. The van der Waals surface area contributed by atoms with Crippen molar-refractivity contribution in [1.29, 1.82) is 0 Å². The first-order chi connectivity index (χ1) is 12.8. The van der Waals surface area contributed by atoms with E-state index in [1.807, 2.05) is 26.0 Å². The molecule has 0 aliphatic rings. The van der Waals surface area contributed by atoms with Crippen molar-refractivity contribution in [3.8, 4) is 0 Å². The van der Waals surface area contributed by atoms with E-state index in [-0.39, 0.29) is 12.4 Å². The molecule has 0 spiro atoms. The van der Waals surface area contributed by atoms with Gasteiger partial charge in [-0.2, -0.15) is 5.10 Å². The normalized spacial score (nSPS) is 10.7. The lowest BCUT2D eigenvalue weighted by molar-refractivity contribution is 0.586. The van der Waals surface area contributed by atoms with Crippen LogP contribution in [0.4, 0.5) is 15.9 Å². The summed E-state index contributed by atoms with van der Waals surface area (Å²) < 4.78 is 16.3. The second-order valence-corrected chi connectivity index (χ2v) is 7.85. The number of rotatable bonds is 4. The van der Waals surface area contributed by atoms with Crippen LogP contribution in [0.2, 0.25) is 5.02 Å². The Morgan fingerprint density at radius 2 is 1.93 bits per heavy atom. The first-order valence-electron chi connectivity index (χ1n) is 8.14. The summed E-state index contributed by atoms with van der Waals surface area (Å²) in [6, 6.07) is 10.7. The number of hydrogen-bond donors (Lipinski definition) is 2. The molecule has 140 valence electrons. The van der Waals surface area contributed by atoms with Crippen LogP contribution in [0.5, 0.6) is 0 Å². The molecule has 0 fully saturated rings. The Kier molecular flexibility index (Phi) is 6.14. The third-order valence-corrected chi connectivity index (χ3v) is 4.95. The Hall–Kier alpha value is -1.96. The van der Waals surface area contributed by atoms with Crippen molar-refractivity contribution in [3.05, 3.63) is 74.6 Å². The zero-order chi connectivity index (χ0) is 19.6. The van der Waals surface area contributed by atoms with Crippen LogP contribution in [-0.4, -0.2) is 14.9 Å². The van der Waals surface area contributed by atoms with E-state index in [1.54, 1.807) is 23.0 Å². The molecule has 4 nitrogen and oxygen atoms in total. The number of thiocarbonyl (C=S) groups is 1. The summed E-state index contributed by atoms with van der Waals surface area (Å²) in [5.41, 5.74) is 3.58. The van der Waals surface area contributed by atoms with Crippen LogP contribution in [-0.2, 0) is 6.54 Å². The Morgan fingerprint density at radius 3 is 2.59 bits per heavy atom. The van der Waals surface area contributed by atoms with Crippen LogP contribution in [0.3, 0.4) is 0 Å². The van der Waals surface area contributed by atoms with Crippen LogP contribution < -0.4 is 10.6 Å². The minimum absolute atomic E-state index is 0.211. The van der Waals surface area contributed by atoms with Crippen molar-refractivity contribution in [1.82, 2.24) is 9.78 Å². The monoisotopic (exact) mass is 466 g/mol. The second kappa shape index (κ2) is 8.37. The van der Waals surface area contributed by atoms with Crippen LogP contribution in [0.1, 0.15) is 16.7 Å². The lowest BCUT2D eigenvalue weighted by Gasteiger charge is -2.11. The van der Waals surface area contributed by atoms with Crippen molar-refractivity contribution >= 4 is 56.4 Å². The highest BCUT2D eigenvalue weighted by molar-refractivity contribution is 9.10. The predicted molar refractivity (Wildman–Crippen MR) is 116 cm³/mol. The molecule has 0 atom stereocenters. The number of anilines is 2. The number of halogens is 3. The number of aromatic nitrogens is 2. The van der Waals surface area contributed by atoms with Crippen molar-refractivity contribution in [2.45, 2.75) is 20.4 Å². The van der Waals surface area contributed by atoms with E-state index < -0.39 is 0 Å². The fourth-order valence-electron chi connectivity index (χ4n) is 2.72. The first-order valence-corrected chi connectivity index (χ1v) is 9.72. The van der Waals surface area contributed by atoms with Gasteiger partial charge in [0.2, 0.25) is 0 Å². The molecule has 1 heterocycles. The number of benzene rings is 2. The largest absolute Gasteiger partial charge is 0.332 e. The fourth-order valence-corrected chi connectivity index (χ4v) is 3.58. The lowest BCUT2D eigenvalue weighted by atomic mass is 10.1. The molecule has 3 rings (SSSR count). The highest BCUT2D eigenvalue weighted by Gasteiger charge is 2.12. The minimum atomic E-state index is -0.365. The predicted octanol–water partition coefficient (Wildman–Crippen LogP) is 5.91. The van der Waals surface area contributed by atoms with Crippen LogP contribution in [0.25, 0.3) is 0 Å². The van der Waals surface area contributed by atoms with Crippen LogP contribution >= 0.6 is 39.7 Å². The van der Waals surface area contributed by atoms with Gasteiger partial charge in [-0.1, -0.05) is 23.7 Å². The van der Waals surface area contributed by atoms with E-state index in [2.05, 4.69) is 37.7 Å². The molecule has 0 aliphatic heterocycles. The van der Waals surface area contributed by atoms with Crippen molar-refractivity contribution in [2.24, 2.45) is 0 Å². The molecule has 8 heteroatoms.